The zero-order valence-electron chi connectivity index (χ0n) is 13.5. The SMILES string of the molecule is COc1cncc(-c2cccc(OCc3ccccc3)c2CO)c1. The summed E-state index contributed by atoms with van der Waals surface area (Å²) in [7, 11) is 1.60. The van der Waals surface area contributed by atoms with Gasteiger partial charge in [0.25, 0.3) is 0 Å². The molecule has 122 valence electrons. The number of hydrogen-bond donors (Lipinski definition) is 1. The van der Waals surface area contributed by atoms with E-state index >= 15 is 0 Å². The molecule has 4 nitrogen and oxygen atoms in total. The molecule has 0 radical (unpaired) electrons. The van der Waals surface area contributed by atoms with E-state index in [9.17, 15) is 5.11 Å². The smallest absolute Gasteiger partial charge is 0.137 e. The fraction of sp³-hybridized carbons (Fsp3) is 0.150. The van der Waals surface area contributed by atoms with Crippen LogP contribution in [0.1, 0.15) is 11.1 Å². The van der Waals surface area contributed by atoms with E-state index in [1.807, 2.05) is 54.6 Å². The molecule has 0 fully saturated rings. The van der Waals surface area contributed by atoms with Crippen molar-refractivity contribution in [2.45, 2.75) is 13.2 Å². The third-order valence-corrected chi connectivity index (χ3v) is 3.79. The molecule has 0 aliphatic carbocycles. The Morgan fingerprint density at radius 1 is 1.00 bits per heavy atom. The molecule has 0 aliphatic heterocycles. The van der Waals surface area contributed by atoms with Crippen LogP contribution in [0.2, 0.25) is 0 Å². The maximum absolute atomic E-state index is 9.85. The molecule has 0 bridgehead atoms. The van der Waals surface area contributed by atoms with Crippen molar-refractivity contribution >= 4 is 0 Å². The van der Waals surface area contributed by atoms with Gasteiger partial charge in [-0.25, -0.2) is 0 Å². The molecule has 0 spiro atoms. The Kier molecular flexibility index (Phi) is 5.08. The first-order valence-electron chi connectivity index (χ1n) is 7.70. The van der Waals surface area contributed by atoms with Gasteiger partial charge in [-0.15, -0.1) is 0 Å². The van der Waals surface area contributed by atoms with Crippen molar-refractivity contribution in [3.63, 3.8) is 0 Å². The van der Waals surface area contributed by atoms with E-state index < -0.39 is 0 Å². The molecule has 24 heavy (non-hydrogen) atoms. The molecule has 1 heterocycles. The van der Waals surface area contributed by atoms with Gasteiger partial charge in [-0.1, -0.05) is 42.5 Å². The largest absolute Gasteiger partial charge is 0.495 e. The van der Waals surface area contributed by atoms with E-state index in [1.165, 1.54) is 0 Å². The lowest BCUT2D eigenvalue weighted by Gasteiger charge is -2.14. The molecule has 1 aromatic heterocycles. The molecule has 0 saturated heterocycles. The van der Waals surface area contributed by atoms with E-state index in [0.29, 0.717) is 18.1 Å². The van der Waals surface area contributed by atoms with Crippen molar-refractivity contribution in [2.24, 2.45) is 0 Å². The second-order valence-electron chi connectivity index (χ2n) is 5.33. The van der Waals surface area contributed by atoms with E-state index in [4.69, 9.17) is 9.47 Å². The zero-order valence-corrected chi connectivity index (χ0v) is 13.5. The molecule has 2 aromatic carbocycles. The number of benzene rings is 2. The lowest BCUT2D eigenvalue weighted by Crippen LogP contribution is -2.00. The number of aliphatic hydroxyl groups excluding tert-OH is 1. The van der Waals surface area contributed by atoms with Crippen molar-refractivity contribution in [3.8, 4) is 22.6 Å². The summed E-state index contributed by atoms with van der Waals surface area (Å²) >= 11 is 0. The molecular weight excluding hydrogens is 302 g/mol. The van der Waals surface area contributed by atoms with Gasteiger partial charge in [-0.3, -0.25) is 4.98 Å². The highest BCUT2D eigenvalue weighted by atomic mass is 16.5. The van der Waals surface area contributed by atoms with Gasteiger partial charge in [0.15, 0.2) is 0 Å². The van der Waals surface area contributed by atoms with Crippen molar-refractivity contribution < 1.29 is 14.6 Å². The first-order valence-corrected chi connectivity index (χ1v) is 7.70. The molecule has 0 amide bonds. The van der Waals surface area contributed by atoms with Crippen LogP contribution in [0.4, 0.5) is 0 Å². The van der Waals surface area contributed by atoms with Crippen LogP contribution in [-0.2, 0) is 13.2 Å². The van der Waals surface area contributed by atoms with Crippen LogP contribution in [0.5, 0.6) is 11.5 Å². The Labute approximate surface area is 141 Å². The standard InChI is InChI=1S/C20H19NO3/c1-23-17-10-16(11-21-12-17)18-8-5-9-20(19(18)13-22)24-14-15-6-3-2-4-7-15/h2-12,22H,13-14H2,1H3. The van der Waals surface area contributed by atoms with Crippen LogP contribution in [0.15, 0.2) is 67.0 Å². The van der Waals surface area contributed by atoms with E-state index in [0.717, 1.165) is 22.3 Å². The van der Waals surface area contributed by atoms with Crippen molar-refractivity contribution in [1.82, 2.24) is 4.98 Å². The lowest BCUT2D eigenvalue weighted by atomic mass is 10.0. The number of nitrogens with zero attached hydrogens (tertiary/aromatic N) is 1. The fourth-order valence-electron chi connectivity index (χ4n) is 2.55. The summed E-state index contributed by atoms with van der Waals surface area (Å²) in [6.45, 7) is 0.338. The van der Waals surface area contributed by atoms with Crippen LogP contribution in [0, 0.1) is 0 Å². The second-order valence-corrected chi connectivity index (χ2v) is 5.33. The van der Waals surface area contributed by atoms with Crippen molar-refractivity contribution in [1.29, 1.82) is 0 Å². The summed E-state index contributed by atoms with van der Waals surface area (Å²) in [5.41, 5.74) is 3.58. The van der Waals surface area contributed by atoms with Gasteiger partial charge >= 0.3 is 0 Å². The van der Waals surface area contributed by atoms with Crippen LogP contribution in [0.25, 0.3) is 11.1 Å². The molecular formula is C20H19NO3. The maximum atomic E-state index is 9.85. The lowest BCUT2D eigenvalue weighted by molar-refractivity contribution is 0.259. The maximum Gasteiger partial charge on any atom is 0.137 e. The molecule has 0 aliphatic rings. The van der Waals surface area contributed by atoms with Crippen molar-refractivity contribution in [3.05, 3.63) is 78.1 Å². The number of hydrogen-bond acceptors (Lipinski definition) is 4. The molecule has 4 heteroatoms. The predicted octanol–water partition coefficient (Wildman–Crippen LogP) is 3.83. The molecule has 3 rings (SSSR count). The first-order chi connectivity index (χ1) is 11.8. The Morgan fingerprint density at radius 2 is 1.83 bits per heavy atom. The minimum atomic E-state index is -0.114. The van der Waals surface area contributed by atoms with Crippen LogP contribution in [-0.4, -0.2) is 17.2 Å². The van der Waals surface area contributed by atoms with E-state index in [-0.39, 0.29) is 6.61 Å². The Balaban J connectivity index is 1.91. The molecule has 1 N–H and O–H groups in total. The van der Waals surface area contributed by atoms with Crippen LogP contribution in [0.3, 0.4) is 0 Å². The van der Waals surface area contributed by atoms with Crippen LogP contribution >= 0.6 is 0 Å². The minimum absolute atomic E-state index is 0.114. The predicted molar refractivity (Wildman–Crippen MR) is 92.9 cm³/mol. The second kappa shape index (κ2) is 7.62. The third kappa shape index (κ3) is 3.55. The van der Waals surface area contributed by atoms with E-state index in [2.05, 4.69) is 4.98 Å². The first kappa shape index (κ1) is 16.0. The Hall–Kier alpha value is -2.85. The van der Waals surface area contributed by atoms with Gasteiger partial charge in [0, 0.05) is 17.3 Å². The summed E-state index contributed by atoms with van der Waals surface area (Å²) in [6, 6.07) is 17.6. The molecule has 0 saturated carbocycles. The highest BCUT2D eigenvalue weighted by molar-refractivity contribution is 5.70. The number of pyridine rings is 1. The summed E-state index contributed by atoms with van der Waals surface area (Å²) in [5, 5.41) is 9.85. The molecule has 0 unspecified atom stereocenters. The van der Waals surface area contributed by atoms with Gasteiger partial charge in [0.1, 0.15) is 18.1 Å². The highest BCUT2D eigenvalue weighted by Gasteiger charge is 2.12. The van der Waals surface area contributed by atoms with Crippen molar-refractivity contribution in [2.75, 3.05) is 7.11 Å². The van der Waals surface area contributed by atoms with Gasteiger partial charge in [-0.05, 0) is 23.3 Å². The number of aromatic nitrogens is 1. The number of ether oxygens (including phenoxy) is 2. The monoisotopic (exact) mass is 321 g/mol. The third-order valence-electron chi connectivity index (χ3n) is 3.79. The topological polar surface area (TPSA) is 51.6 Å². The summed E-state index contributed by atoms with van der Waals surface area (Å²) in [6.07, 6.45) is 3.40. The number of aliphatic hydroxyl groups is 1. The van der Waals surface area contributed by atoms with E-state index in [1.54, 1.807) is 19.5 Å². The normalized spacial score (nSPS) is 10.4. The number of methoxy groups -OCH3 is 1. The summed E-state index contributed by atoms with van der Waals surface area (Å²) in [5.74, 6) is 1.34. The fourth-order valence-corrected chi connectivity index (χ4v) is 2.55. The average molecular weight is 321 g/mol. The Morgan fingerprint density at radius 3 is 2.58 bits per heavy atom. The highest BCUT2D eigenvalue weighted by Crippen LogP contribution is 2.32. The Bertz CT molecular complexity index is 803. The summed E-state index contributed by atoms with van der Waals surface area (Å²) < 4.78 is 11.2. The van der Waals surface area contributed by atoms with Gasteiger partial charge < -0.3 is 14.6 Å². The van der Waals surface area contributed by atoms with Gasteiger partial charge in [-0.2, -0.15) is 0 Å². The van der Waals surface area contributed by atoms with Crippen LogP contribution < -0.4 is 9.47 Å². The quantitative estimate of drug-likeness (QED) is 0.750. The zero-order chi connectivity index (χ0) is 16.8. The van der Waals surface area contributed by atoms with Gasteiger partial charge in [0.2, 0.25) is 0 Å². The minimum Gasteiger partial charge on any atom is -0.495 e. The van der Waals surface area contributed by atoms with Gasteiger partial charge in [0.05, 0.1) is 19.9 Å². The molecule has 3 aromatic rings. The number of rotatable bonds is 6. The molecule has 0 atom stereocenters. The summed E-state index contributed by atoms with van der Waals surface area (Å²) in [4.78, 5) is 4.18. The average Bonchev–Trinajstić information content (AvgIpc) is 2.66.